The van der Waals surface area contributed by atoms with Gasteiger partial charge < -0.3 is 4.57 Å². The molecule has 0 spiro atoms. The lowest BCUT2D eigenvalue weighted by Gasteiger charge is -2.10. The van der Waals surface area contributed by atoms with E-state index in [9.17, 15) is 9.59 Å². The third-order valence-corrected chi connectivity index (χ3v) is 2.32. The average Bonchev–Trinajstić information content (AvgIpc) is 2.12. The van der Waals surface area contributed by atoms with Crippen LogP contribution in [0.1, 0.15) is 35.0 Å². The lowest BCUT2D eigenvalue weighted by atomic mass is 10.1. The maximum atomic E-state index is 11.8. The van der Waals surface area contributed by atoms with Gasteiger partial charge in [0.2, 0.25) is 0 Å². The van der Waals surface area contributed by atoms with Crippen LogP contribution in [0.2, 0.25) is 0 Å². The second kappa shape index (κ2) is 4.22. The fourth-order valence-corrected chi connectivity index (χ4v) is 1.59. The van der Waals surface area contributed by atoms with Crippen LogP contribution in [0.25, 0.3) is 0 Å². The summed E-state index contributed by atoms with van der Waals surface area (Å²) in [6, 6.07) is 1.88. The largest absolute Gasteiger partial charge is 0.312 e. The van der Waals surface area contributed by atoms with Crippen LogP contribution in [0.3, 0.4) is 0 Å². The monoisotopic (exact) mass is 193 g/mol. The SMILES string of the molecule is CCCn1c(C)cc(C)c(C=O)c1=O. The first-order valence-corrected chi connectivity index (χ1v) is 4.78. The number of aldehydes is 1. The third-order valence-electron chi connectivity index (χ3n) is 2.32. The molecule has 0 aliphatic rings. The zero-order valence-corrected chi connectivity index (χ0v) is 8.83. The number of hydrogen-bond acceptors (Lipinski definition) is 2. The highest BCUT2D eigenvalue weighted by Gasteiger charge is 2.08. The molecule has 0 bridgehead atoms. The highest BCUT2D eigenvalue weighted by atomic mass is 16.1. The summed E-state index contributed by atoms with van der Waals surface area (Å²) < 4.78 is 1.65. The van der Waals surface area contributed by atoms with Crippen LogP contribution in [-0.4, -0.2) is 10.9 Å². The van der Waals surface area contributed by atoms with Gasteiger partial charge in [0.15, 0.2) is 6.29 Å². The minimum Gasteiger partial charge on any atom is -0.312 e. The van der Waals surface area contributed by atoms with Gasteiger partial charge in [-0.1, -0.05) is 6.92 Å². The molecule has 0 fully saturated rings. The van der Waals surface area contributed by atoms with E-state index in [0.717, 1.165) is 17.7 Å². The Kier molecular flexibility index (Phi) is 3.23. The van der Waals surface area contributed by atoms with Crippen molar-refractivity contribution in [3.63, 3.8) is 0 Å². The summed E-state index contributed by atoms with van der Waals surface area (Å²) in [6.45, 7) is 6.35. The molecule has 1 heterocycles. The smallest absolute Gasteiger partial charge is 0.261 e. The summed E-state index contributed by atoms with van der Waals surface area (Å²) in [5.41, 5.74) is 1.79. The lowest BCUT2D eigenvalue weighted by Crippen LogP contribution is -2.26. The molecule has 0 amide bonds. The van der Waals surface area contributed by atoms with Crippen molar-refractivity contribution in [3.8, 4) is 0 Å². The maximum Gasteiger partial charge on any atom is 0.261 e. The summed E-state index contributed by atoms with van der Waals surface area (Å²) >= 11 is 0. The quantitative estimate of drug-likeness (QED) is 0.685. The van der Waals surface area contributed by atoms with Gasteiger partial charge in [-0.15, -0.1) is 0 Å². The van der Waals surface area contributed by atoms with Crippen molar-refractivity contribution in [1.29, 1.82) is 0 Å². The Morgan fingerprint density at radius 2 is 2.07 bits per heavy atom. The Hall–Kier alpha value is -1.38. The van der Waals surface area contributed by atoms with Crippen LogP contribution in [0.5, 0.6) is 0 Å². The van der Waals surface area contributed by atoms with Gasteiger partial charge in [-0.3, -0.25) is 9.59 Å². The van der Waals surface area contributed by atoms with Crippen molar-refractivity contribution >= 4 is 6.29 Å². The van der Waals surface area contributed by atoms with Crippen molar-refractivity contribution in [1.82, 2.24) is 4.57 Å². The standard InChI is InChI=1S/C11H15NO2/c1-4-5-12-9(3)6-8(2)10(7-13)11(12)14/h6-7H,4-5H2,1-3H3. The molecule has 0 radical (unpaired) electrons. The zero-order chi connectivity index (χ0) is 10.7. The molecule has 0 saturated carbocycles. The van der Waals surface area contributed by atoms with Gasteiger partial charge in [-0.05, 0) is 31.9 Å². The molecular formula is C11H15NO2. The average molecular weight is 193 g/mol. The van der Waals surface area contributed by atoms with Gasteiger partial charge in [-0.2, -0.15) is 0 Å². The molecule has 0 N–H and O–H groups in total. The topological polar surface area (TPSA) is 39.1 Å². The first-order valence-electron chi connectivity index (χ1n) is 4.78. The molecule has 0 unspecified atom stereocenters. The number of aryl methyl sites for hydroxylation is 2. The van der Waals surface area contributed by atoms with E-state index >= 15 is 0 Å². The van der Waals surface area contributed by atoms with Crippen LogP contribution in [-0.2, 0) is 6.54 Å². The zero-order valence-electron chi connectivity index (χ0n) is 8.83. The number of hydrogen-bond donors (Lipinski definition) is 0. The molecule has 0 saturated heterocycles. The fourth-order valence-electron chi connectivity index (χ4n) is 1.59. The van der Waals surface area contributed by atoms with E-state index in [1.807, 2.05) is 19.9 Å². The molecule has 14 heavy (non-hydrogen) atoms. The summed E-state index contributed by atoms with van der Waals surface area (Å²) in [6.07, 6.45) is 1.53. The van der Waals surface area contributed by atoms with Crippen LogP contribution in [0.15, 0.2) is 10.9 Å². The Balaban J connectivity index is 3.44. The van der Waals surface area contributed by atoms with E-state index < -0.39 is 0 Å². The molecule has 0 aliphatic heterocycles. The van der Waals surface area contributed by atoms with E-state index in [4.69, 9.17) is 0 Å². The van der Waals surface area contributed by atoms with E-state index in [-0.39, 0.29) is 11.1 Å². The molecular weight excluding hydrogens is 178 g/mol. The van der Waals surface area contributed by atoms with Crippen LogP contribution in [0.4, 0.5) is 0 Å². The predicted octanol–water partition coefficient (Wildman–Crippen LogP) is 1.69. The highest BCUT2D eigenvalue weighted by molar-refractivity contribution is 5.76. The van der Waals surface area contributed by atoms with Gasteiger partial charge in [0.25, 0.3) is 5.56 Å². The number of carbonyl (C=O) groups excluding carboxylic acids is 1. The van der Waals surface area contributed by atoms with Crippen LogP contribution >= 0.6 is 0 Å². The van der Waals surface area contributed by atoms with Gasteiger partial charge in [0, 0.05) is 12.2 Å². The lowest BCUT2D eigenvalue weighted by molar-refractivity contribution is 0.112. The first kappa shape index (κ1) is 10.7. The van der Waals surface area contributed by atoms with Gasteiger partial charge >= 0.3 is 0 Å². The van der Waals surface area contributed by atoms with Crippen molar-refractivity contribution in [2.75, 3.05) is 0 Å². The fraction of sp³-hybridized carbons (Fsp3) is 0.455. The molecule has 3 heteroatoms. The number of rotatable bonds is 3. The molecule has 1 aromatic rings. The summed E-state index contributed by atoms with van der Waals surface area (Å²) in [7, 11) is 0. The van der Waals surface area contributed by atoms with Crippen molar-refractivity contribution in [3.05, 3.63) is 33.2 Å². The summed E-state index contributed by atoms with van der Waals surface area (Å²) in [4.78, 5) is 22.5. The Bertz CT molecular complexity index is 404. The molecule has 76 valence electrons. The molecule has 0 aliphatic carbocycles. The van der Waals surface area contributed by atoms with E-state index in [0.29, 0.717) is 12.8 Å². The van der Waals surface area contributed by atoms with Gasteiger partial charge in [0.05, 0.1) is 5.56 Å². The summed E-state index contributed by atoms with van der Waals surface area (Å²) in [5.74, 6) is 0. The molecule has 3 nitrogen and oxygen atoms in total. The normalized spacial score (nSPS) is 10.2. The van der Waals surface area contributed by atoms with Gasteiger partial charge in [0.1, 0.15) is 0 Å². The first-order chi connectivity index (χ1) is 6.61. The maximum absolute atomic E-state index is 11.8. The number of carbonyl (C=O) groups is 1. The third kappa shape index (κ3) is 1.76. The number of nitrogens with zero attached hydrogens (tertiary/aromatic N) is 1. The van der Waals surface area contributed by atoms with E-state index in [2.05, 4.69) is 0 Å². The second-order valence-electron chi connectivity index (χ2n) is 3.46. The Morgan fingerprint density at radius 1 is 1.43 bits per heavy atom. The predicted molar refractivity (Wildman–Crippen MR) is 55.9 cm³/mol. The van der Waals surface area contributed by atoms with E-state index in [1.54, 1.807) is 11.5 Å². The van der Waals surface area contributed by atoms with Crippen LogP contribution in [0, 0.1) is 13.8 Å². The van der Waals surface area contributed by atoms with Crippen LogP contribution < -0.4 is 5.56 Å². The minimum absolute atomic E-state index is 0.167. The van der Waals surface area contributed by atoms with Crippen molar-refractivity contribution in [2.45, 2.75) is 33.7 Å². The van der Waals surface area contributed by atoms with Crippen molar-refractivity contribution in [2.24, 2.45) is 0 Å². The molecule has 0 aromatic carbocycles. The summed E-state index contributed by atoms with van der Waals surface area (Å²) in [5, 5.41) is 0. The minimum atomic E-state index is -0.167. The molecule has 0 atom stereocenters. The molecule has 1 rings (SSSR count). The Labute approximate surface area is 83.4 Å². The van der Waals surface area contributed by atoms with E-state index in [1.165, 1.54) is 0 Å². The highest BCUT2D eigenvalue weighted by Crippen LogP contribution is 2.04. The Morgan fingerprint density at radius 3 is 2.57 bits per heavy atom. The van der Waals surface area contributed by atoms with Crippen molar-refractivity contribution < 1.29 is 4.79 Å². The second-order valence-corrected chi connectivity index (χ2v) is 3.46. The number of pyridine rings is 1. The van der Waals surface area contributed by atoms with Gasteiger partial charge in [-0.25, -0.2) is 0 Å². The molecule has 1 aromatic heterocycles. The number of aromatic nitrogens is 1.